The summed E-state index contributed by atoms with van der Waals surface area (Å²) in [6.07, 6.45) is 1.51. The van der Waals surface area contributed by atoms with Crippen molar-refractivity contribution < 1.29 is 18.8 Å². The lowest BCUT2D eigenvalue weighted by Crippen LogP contribution is -2.50. The molecule has 2 aromatic rings. The second-order valence-corrected chi connectivity index (χ2v) is 6.08. The van der Waals surface area contributed by atoms with Crippen LogP contribution >= 0.6 is 0 Å². The number of benzene rings is 1. The standard InChI is InChI=1S/C18H21N3O4/c1-11-15(12(2)25-21-11)10-24-14-6-3-5-13(9-14)17(22)20-16-7-4-8-19-18(16)23/h3,5-6,9,16H,4,7-8,10H2,1-2H3,(H,19,23)(H,20,22)/t16-/m1/s1. The maximum absolute atomic E-state index is 12.4. The monoisotopic (exact) mass is 343 g/mol. The summed E-state index contributed by atoms with van der Waals surface area (Å²) in [7, 11) is 0. The molecular weight excluding hydrogens is 322 g/mol. The van der Waals surface area contributed by atoms with Crippen molar-refractivity contribution in [2.75, 3.05) is 6.54 Å². The van der Waals surface area contributed by atoms with Gasteiger partial charge in [0.25, 0.3) is 5.91 Å². The Labute approximate surface area is 145 Å². The van der Waals surface area contributed by atoms with E-state index in [-0.39, 0.29) is 11.8 Å². The van der Waals surface area contributed by atoms with Crippen LogP contribution in [-0.4, -0.2) is 29.6 Å². The van der Waals surface area contributed by atoms with E-state index < -0.39 is 6.04 Å². The van der Waals surface area contributed by atoms with Crippen molar-refractivity contribution in [2.24, 2.45) is 0 Å². The summed E-state index contributed by atoms with van der Waals surface area (Å²) < 4.78 is 10.9. The minimum absolute atomic E-state index is 0.134. The van der Waals surface area contributed by atoms with Gasteiger partial charge in [-0.2, -0.15) is 0 Å². The number of rotatable bonds is 5. The molecule has 0 aliphatic carbocycles. The number of hydrogen-bond donors (Lipinski definition) is 2. The fourth-order valence-corrected chi connectivity index (χ4v) is 2.74. The normalized spacial score (nSPS) is 17.0. The molecule has 1 aromatic carbocycles. The highest BCUT2D eigenvalue weighted by atomic mass is 16.5. The van der Waals surface area contributed by atoms with Crippen LogP contribution in [-0.2, 0) is 11.4 Å². The zero-order valence-corrected chi connectivity index (χ0v) is 14.3. The third kappa shape index (κ3) is 3.99. The fourth-order valence-electron chi connectivity index (χ4n) is 2.74. The molecule has 3 rings (SSSR count). The van der Waals surface area contributed by atoms with Crippen molar-refractivity contribution in [3.8, 4) is 5.75 Å². The number of ether oxygens (including phenoxy) is 1. The lowest BCUT2D eigenvalue weighted by atomic mass is 10.1. The Kier molecular flexibility index (Phi) is 5.02. The van der Waals surface area contributed by atoms with Gasteiger partial charge in [-0.05, 0) is 44.9 Å². The molecule has 0 spiro atoms. The highest BCUT2D eigenvalue weighted by Gasteiger charge is 2.24. The molecule has 0 radical (unpaired) electrons. The molecule has 1 aliphatic rings. The Hall–Kier alpha value is -2.83. The molecule has 132 valence electrons. The van der Waals surface area contributed by atoms with E-state index in [0.29, 0.717) is 30.9 Å². The summed E-state index contributed by atoms with van der Waals surface area (Å²) in [5.74, 6) is 0.866. The second-order valence-electron chi connectivity index (χ2n) is 6.08. The molecule has 0 saturated carbocycles. The average molecular weight is 343 g/mol. The first-order valence-electron chi connectivity index (χ1n) is 8.28. The van der Waals surface area contributed by atoms with E-state index in [1.165, 1.54) is 0 Å². The summed E-state index contributed by atoms with van der Waals surface area (Å²) in [4.78, 5) is 24.1. The maximum Gasteiger partial charge on any atom is 0.252 e. The topological polar surface area (TPSA) is 93.5 Å². The van der Waals surface area contributed by atoms with Crippen molar-refractivity contribution in [2.45, 2.75) is 39.3 Å². The van der Waals surface area contributed by atoms with Gasteiger partial charge in [-0.25, -0.2) is 0 Å². The lowest BCUT2D eigenvalue weighted by molar-refractivity contribution is -0.124. The van der Waals surface area contributed by atoms with Gasteiger partial charge in [-0.15, -0.1) is 0 Å². The number of aromatic nitrogens is 1. The van der Waals surface area contributed by atoms with Crippen LogP contribution in [0.4, 0.5) is 0 Å². The molecule has 1 aromatic heterocycles. The minimum Gasteiger partial charge on any atom is -0.489 e. The third-order valence-electron chi connectivity index (χ3n) is 4.25. The van der Waals surface area contributed by atoms with Gasteiger partial charge in [0.15, 0.2) is 0 Å². The molecule has 1 aliphatic heterocycles. The number of carbonyl (C=O) groups is 2. The predicted octanol–water partition coefficient (Wildman–Crippen LogP) is 1.88. The van der Waals surface area contributed by atoms with Crippen molar-refractivity contribution in [1.29, 1.82) is 0 Å². The number of carbonyl (C=O) groups excluding carboxylic acids is 2. The van der Waals surface area contributed by atoms with Gasteiger partial charge in [0.1, 0.15) is 24.2 Å². The van der Waals surface area contributed by atoms with E-state index in [1.807, 2.05) is 13.8 Å². The summed E-state index contributed by atoms with van der Waals surface area (Å²) >= 11 is 0. The Morgan fingerprint density at radius 3 is 3.00 bits per heavy atom. The van der Waals surface area contributed by atoms with Gasteiger partial charge in [0.05, 0.1) is 11.3 Å². The molecule has 1 saturated heterocycles. The Balaban J connectivity index is 1.64. The van der Waals surface area contributed by atoms with E-state index in [4.69, 9.17) is 9.26 Å². The van der Waals surface area contributed by atoms with Crippen LogP contribution in [0.3, 0.4) is 0 Å². The molecule has 1 fully saturated rings. The molecule has 0 unspecified atom stereocenters. The smallest absolute Gasteiger partial charge is 0.252 e. The molecule has 0 bridgehead atoms. The number of nitrogens with one attached hydrogen (secondary N) is 2. The minimum atomic E-state index is -0.479. The number of hydrogen-bond acceptors (Lipinski definition) is 5. The van der Waals surface area contributed by atoms with Crippen LogP contribution in [0.2, 0.25) is 0 Å². The van der Waals surface area contributed by atoms with E-state index in [2.05, 4.69) is 15.8 Å². The van der Waals surface area contributed by atoms with Gasteiger partial charge in [0.2, 0.25) is 5.91 Å². The van der Waals surface area contributed by atoms with Crippen LogP contribution in [0.15, 0.2) is 28.8 Å². The third-order valence-corrected chi connectivity index (χ3v) is 4.25. The summed E-state index contributed by atoms with van der Waals surface area (Å²) in [5, 5.41) is 9.41. The van der Waals surface area contributed by atoms with Gasteiger partial charge in [-0.1, -0.05) is 11.2 Å². The lowest BCUT2D eigenvalue weighted by Gasteiger charge is -2.22. The molecule has 7 heteroatoms. The molecule has 7 nitrogen and oxygen atoms in total. The van der Waals surface area contributed by atoms with Gasteiger partial charge >= 0.3 is 0 Å². The summed E-state index contributed by atoms with van der Waals surface area (Å²) in [6.45, 7) is 4.67. The van der Waals surface area contributed by atoms with Gasteiger partial charge < -0.3 is 19.9 Å². The van der Waals surface area contributed by atoms with E-state index in [9.17, 15) is 9.59 Å². The molecule has 2 heterocycles. The molecule has 25 heavy (non-hydrogen) atoms. The number of amides is 2. The van der Waals surface area contributed by atoms with Crippen LogP contribution in [0, 0.1) is 13.8 Å². The molecule has 2 N–H and O–H groups in total. The van der Waals surface area contributed by atoms with E-state index >= 15 is 0 Å². The van der Waals surface area contributed by atoms with Gasteiger partial charge in [0, 0.05) is 12.1 Å². The SMILES string of the molecule is Cc1noc(C)c1COc1cccc(C(=O)N[C@@H]2CCCNC2=O)c1. The fraction of sp³-hybridized carbons (Fsp3) is 0.389. The Bertz CT molecular complexity index is 765. The van der Waals surface area contributed by atoms with Crippen LogP contribution < -0.4 is 15.4 Å². The van der Waals surface area contributed by atoms with Crippen molar-refractivity contribution in [1.82, 2.24) is 15.8 Å². The van der Waals surface area contributed by atoms with Crippen LogP contribution in [0.5, 0.6) is 5.75 Å². The van der Waals surface area contributed by atoms with Crippen LogP contribution in [0.25, 0.3) is 0 Å². The maximum atomic E-state index is 12.4. The van der Waals surface area contributed by atoms with Crippen molar-refractivity contribution >= 4 is 11.8 Å². The number of nitrogens with zero attached hydrogens (tertiary/aromatic N) is 1. The van der Waals surface area contributed by atoms with E-state index in [0.717, 1.165) is 23.4 Å². The average Bonchev–Trinajstić information content (AvgIpc) is 2.93. The highest BCUT2D eigenvalue weighted by molar-refractivity contribution is 5.97. The Morgan fingerprint density at radius 1 is 1.44 bits per heavy atom. The number of piperidine rings is 1. The number of aryl methyl sites for hydroxylation is 2. The molecular formula is C18H21N3O4. The van der Waals surface area contributed by atoms with E-state index in [1.54, 1.807) is 24.3 Å². The Morgan fingerprint density at radius 2 is 2.28 bits per heavy atom. The zero-order valence-electron chi connectivity index (χ0n) is 14.3. The predicted molar refractivity (Wildman–Crippen MR) is 90.2 cm³/mol. The first kappa shape index (κ1) is 17.0. The molecule has 2 amide bonds. The quantitative estimate of drug-likeness (QED) is 0.864. The first-order chi connectivity index (χ1) is 12.0. The first-order valence-corrected chi connectivity index (χ1v) is 8.28. The highest BCUT2D eigenvalue weighted by Crippen LogP contribution is 2.18. The summed E-state index contributed by atoms with van der Waals surface area (Å²) in [5.41, 5.74) is 2.14. The summed E-state index contributed by atoms with van der Waals surface area (Å²) in [6, 6.07) is 6.40. The van der Waals surface area contributed by atoms with Gasteiger partial charge in [-0.3, -0.25) is 9.59 Å². The van der Waals surface area contributed by atoms with Crippen molar-refractivity contribution in [3.05, 3.63) is 46.8 Å². The molecule has 1 atom stereocenters. The van der Waals surface area contributed by atoms with Crippen molar-refractivity contribution in [3.63, 3.8) is 0 Å². The zero-order chi connectivity index (χ0) is 17.8. The second kappa shape index (κ2) is 7.38. The van der Waals surface area contributed by atoms with Crippen LogP contribution in [0.1, 0.15) is 40.2 Å². The largest absolute Gasteiger partial charge is 0.489 e.